The molecule has 0 heterocycles. The van der Waals surface area contributed by atoms with Gasteiger partial charge in [-0.05, 0) is 48.9 Å². The molecule has 0 aliphatic heterocycles. The number of carbonyl (C=O) groups is 1. The molecule has 3 nitrogen and oxygen atoms in total. The van der Waals surface area contributed by atoms with E-state index < -0.39 is 23.6 Å². The molecule has 0 aliphatic rings. The Balaban J connectivity index is 2.04. The number of nitrogens with one attached hydrogen (secondary N) is 2. The minimum atomic E-state index is -4.57. The lowest BCUT2D eigenvalue weighted by Crippen LogP contribution is -2.29. The molecule has 0 fully saturated rings. The smallest absolute Gasteiger partial charge is 0.334 e. The molecule has 0 unspecified atom stereocenters. The van der Waals surface area contributed by atoms with Crippen molar-refractivity contribution in [1.29, 1.82) is 0 Å². The highest BCUT2D eigenvalue weighted by molar-refractivity contribution is 9.10. The molecule has 0 aromatic heterocycles. The van der Waals surface area contributed by atoms with Gasteiger partial charge < -0.3 is 10.6 Å². The summed E-state index contributed by atoms with van der Waals surface area (Å²) in [6, 6.07) is 6.62. The maximum absolute atomic E-state index is 13.6. The van der Waals surface area contributed by atoms with E-state index in [2.05, 4.69) is 26.6 Å². The van der Waals surface area contributed by atoms with Crippen LogP contribution >= 0.6 is 15.9 Å². The highest BCUT2D eigenvalue weighted by Gasteiger charge is 2.31. The van der Waals surface area contributed by atoms with E-state index in [1.165, 1.54) is 0 Å². The molecule has 0 spiro atoms. The molecule has 0 aliphatic carbocycles. The van der Waals surface area contributed by atoms with Crippen LogP contribution in [-0.4, -0.2) is 6.03 Å². The first kappa shape index (κ1) is 18.3. The number of benzene rings is 2. The number of aryl methyl sites for hydroxylation is 1. The number of amides is 2. The summed E-state index contributed by atoms with van der Waals surface area (Å²) in [7, 11) is 0. The first-order valence-electron chi connectivity index (χ1n) is 6.83. The summed E-state index contributed by atoms with van der Waals surface area (Å²) in [5, 5.41) is 4.90. The van der Waals surface area contributed by atoms with Gasteiger partial charge in [-0.2, -0.15) is 13.2 Å². The van der Waals surface area contributed by atoms with Crippen molar-refractivity contribution in [2.24, 2.45) is 0 Å². The molecule has 2 rings (SSSR count). The summed E-state index contributed by atoms with van der Waals surface area (Å²) >= 11 is 3.29. The topological polar surface area (TPSA) is 41.1 Å². The maximum Gasteiger partial charge on any atom is 0.416 e. The van der Waals surface area contributed by atoms with Gasteiger partial charge in [-0.15, -0.1) is 0 Å². The first-order valence-corrected chi connectivity index (χ1v) is 7.63. The number of rotatable bonds is 3. The number of halogens is 5. The van der Waals surface area contributed by atoms with Crippen molar-refractivity contribution in [2.75, 3.05) is 5.32 Å². The van der Waals surface area contributed by atoms with Crippen LogP contribution in [0.2, 0.25) is 0 Å². The van der Waals surface area contributed by atoms with E-state index >= 15 is 0 Å². The Labute approximate surface area is 144 Å². The molecule has 2 N–H and O–H groups in total. The summed E-state index contributed by atoms with van der Waals surface area (Å²) < 4.78 is 52.4. The van der Waals surface area contributed by atoms with E-state index in [9.17, 15) is 22.4 Å². The summed E-state index contributed by atoms with van der Waals surface area (Å²) in [6.07, 6.45) is -4.57. The second-order valence-corrected chi connectivity index (χ2v) is 5.99. The minimum absolute atomic E-state index is 0.243. The summed E-state index contributed by atoms with van der Waals surface area (Å²) in [5.74, 6) is -0.817. The van der Waals surface area contributed by atoms with Crippen molar-refractivity contribution in [3.63, 3.8) is 0 Å². The molecule has 24 heavy (non-hydrogen) atoms. The van der Waals surface area contributed by atoms with Crippen LogP contribution in [0.5, 0.6) is 0 Å². The molecule has 2 amide bonds. The third-order valence-electron chi connectivity index (χ3n) is 3.25. The lowest BCUT2D eigenvalue weighted by Gasteiger charge is -2.12. The lowest BCUT2D eigenvalue weighted by molar-refractivity contribution is -0.137. The minimum Gasteiger partial charge on any atom is -0.334 e. The van der Waals surface area contributed by atoms with Crippen molar-refractivity contribution >= 4 is 27.6 Å². The quantitative estimate of drug-likeness (QED) is 0.675. The summed E-state index contributed by atoms with van der Waals surface area (Å²) in [6.45, 7) is 1.42. The molecular formula is C16H13BrF4N2O. The zero-order chi connectivity index (χ0) is 17.9. The molecular weight excluding hydrogens is 392 g/mol. The standard InChI is InChI=1S/C16H13BrF4N2O/c1-9-6-12(17)3-5-14(9)23-15(24)22-8-10-7-11(16(19,20)21)2-4-13(10)18/h2-7H,8H2,1H3,(H2,22,23,24). The molecule has 128 valence electrons. The Kier molecular flexibility index (Phi) is 5.48. The third kappa shape index (κ3) is 4.70. The lowest BCUT2D eigenvalue weighted by atomic mass is 10.1. The highest BCUT2D eigenvalue weighted by Crippen LogP contribution is 2.30. The monoisotopic (exact) mass is 404 g/mol. The number of anilines is 1. The molecule has 2 aromatic carbocycles. The Morgan fingerprint density at radius 2 is 1.88 bits per heavy atom. The van der Waals surface area contributed by atoms with Gasteiger partial charge in [-0.1, -0.05) is 15.9 Å². The zero-order valence-electron chi connectivity index (χ0n) is 12.5. The molecule has 0 bridgehead atoms. The van der Waals surface area contributed by atoms with Gasteiger partial charge in [0.15, 0.2) is 0 Å². The second-order valence-electron chi connectivity index (χ2n) is 5.07. The SMILES string of the molecule is Cc1cc(Br)ccc1NC(=O)NCc1cc(C(F)(F)F)ccc1F. The first-order chi connectivity index (χ1) is 11.2. The fourth-order valence-electron chi connectivity index (χ4n) is 2.00. The van der Waals surface area contributed by atoms with Crippen LogP contribution in [0.1, 0.15) is 16.7 Å². The normalized spacial score (nSPS) is 11.2. The molecule has 0 saturated heterocycles. The van der Waals surface area contributed by atoms with E-state index in [4.69, 9.17) is 0 Å². The highest BCUT2D eigenvalue weighted by atomic mass is 79.9. The van der Waals surface area contributed by atoms with E-state index in [0.717, 1.165) is 16.1 Å². The van der Waals surface area contributed by atoms with Crippen LogP contribution in [0.4, 0.5) is 28.0 Å². The fraction of sp³-hybridized carbons (Fsp3) is 0.188. The second kappa shape index (κ2) is 7.21. The molecule has 0 saturated carbocycles. The maximum atomic E-state index is 13.6. The van der Waals surface area contributed by atoms with Gasteiger partial charge in [0.25, 0.3) is 0 Å². The van der Waals surface area contributed by atoms with Gasteiger partial charge in [0.05, 0.1) is 5.56 Å². The van der Waals surface area contributed by atoms with E-state index in [1.807, 2.05) is 0 Å². The number of carbonyl (C=O) groups excluding carboxylic acids is 1. The van der Waals surface area contributed by atoms with Crippen molar-refractivity contribution in [1.82, 2.24) is 5.32 Å². The largest absolute Gasteiger partial charge is 0.416 e. The van der Waals surface area contributed by atoms with Gasteiger partial charge in [-0.3, -0.25) is 0 Å². The van der Waals surface area contributed by atoms with E-state index in [0.29, 0.717) is 17.8 Å². The van der Waals surface area contributed by atoms with Gasteiger partial charge in [0, 0.05) is 22.3 Å². The van der Waals surface area contributed by atoms with E-state index in [-0.39, 0.29) is 12.1 Å². The number of urea groups is 1. The van der Waals surface area contributed by atoms with Crippen LogP contribution in [0.3, 0.4) is 0 Å². The fourth-order valence-corrected chi connectivity index (χ4v) is 2.47. The van der Waals surface area contributed by atoms with Crippen molar-refractivity contribution in [3.05, 3.63) is 63.4 Å². The third-order valence-corrected chi connectivity index (χ3v) is 3.74. The average molecular weight is 405 g/mol. The zero-order valence-corrected chi connectivity index (χ0v) is 14.1. The Morgan fingerprint density at radius 3 is 2.50 bits per heavy atom. The summed E-state index contributed by atoms with van der Waals surface area (Å²) in [5.41, 5.74) is 0.127. The molecule has 0 atom stereocenters. The van der Waals surface area contributed by atoms with Crippen LogP contribution < -0.4 is 10.6 Å². The summed E-state index contributed by atoms with van der Waals surface area (Å²) in [4.78, 5) is 11.8. The number of hydrogen-bond acceptors (Lipinski definition) is 1. The van der Waals surface area contributed by atoms with Crippen LogP contribution in [0.25, 0.3) is 0 Å². The molecule has 2 aromatic rings. The van der Waals surface area contributed by atoms with Gasteiger partial charge in [0.1, 0.15) is 5.82 Å². The van der Waals surface area contributed by atoms with Crippen molar-refractivity contribution in [2.45, 2.75) is 19.6 Å². The van der Waals surface area contributed by atoms with Crippen LogP contribution in [0, 0.1) is 12.7 Å². The van der Waals surface area contributed by atoms with E-state index in [1.54, 1.807) is 25.1 Å². The van der Waals surface area contributed by atoms with Gasteiger partial charge >= 0.3 is 12.2 Å². The number of hydrogen-bond donors (Lipinski definition) is 2. The van der Waals surface area contributed by atoms with Crippen molar-refractivity contribution in [3.8, 4) is 0 Å². The number of alkyl halides is 3. The van der Waals surface area contributed by atoms with Gasteiger partial charge in [-0.25, -0.2) is 9.18 Å². The Hall–Kier alpha value is -2.09. The Morgan fingerprint density at radius 1 is 1.17 bits per heavy atom. The van der Waals surface area contributed by atoms with Gasteiger partial charge in [0.2, 0.25) is 0 Å². The van der Waals surface area contributed by atoms with Crippen molar-refractivity contribution < 1.29 is 22.4 Å². The average Bonchev–Trinajstić information content (AvgIpc) is 2.48. The Bertz CT molecular complexity index is 762. The predicted molar refractivity (Wildman–Crippen MR) is 86.1 cm³/mol. The predicted octanol–water partition coefficient (Wildman–Crippen LogP) is 5.24. The van der Waals surface area contributed by atoms with Crippen LogP contribution in [-0.2, 0) is 12.7 Å². The molecule has 0 radical (unpaired) electrons. The molecule has 8 heteroatoms. The van der Waals surface area contributed by atoms with Crippen LogP contribution in [0.15, 0.2) is 40.9 Å².